The molecule has 0 saturated carbocycles. The third-order valence-corrected chi connectivity index (χ3v) is 3.25. The van der Waals surface area contributed by atoms with E-state index in [-0.39, 0.29) is 0 Å². The topological polar surface area (TPSA) is 24.5 Å². The van der Waals surface area contributed by atoms with Crippen molar-refractivity contribution in [3.05, 3.63) is 23.3 Å². The first kappa shape index (κ1) is 12.2. The van der Waals surface area contributed by atoms with Gasteiger partial charge >= 0.3 is 0 Å². The van der Waals surface area contributed by atoms with Gasteiger partial charge < -0.3 is 15.0 Å². The summed E-state index contributed by atoms with van der Waals surface area (Å²) in [6.45, 7) is 11.4. The number of hydrogen-bond acceptors (Lipinski definition) is 3. The molecule has 0 bridgehead atoms. The lowest BCUT2D eigenvalue weighted by atomic mass is 10.1. The van der Waals surface area contributed by atoms with Crippen LogP contribution in [0.15, 0.2) is 12.1 Å². The molecule has 1 fully saturated rings. The standard InChI is InChI=1S/C14H22N2O/c1-4-17-14-10-11(2)13(9-12(14)3)16-7-5-15-6-8-16/h9-10,15H,4-8H2,1-3H3. The Labute approximate surface area is 104 Å². The molecule has 17 heavy (non-hydrogen) atoms. The minimum Gasteiger partial charge on any atom is -0.494 e. The van der Waals surface area contributed by atoms with Crippen molar-refractivity contribution >= 4 is 5.69 Å². The first-order valence-electron chi connectivity index (χ1n) is 6.42. The molecule has 0 amide bonds. The Bertz CT molecular complexity index is 384. The molecule has 2 rings (SSSR count). The predicted octanol–water partition coefficient (Wildman–Crippen LogP) is 2.11. The van der Waals surface area contributed by atoms with Crippen molar-refractivity contribution < 1.29 is 4.74 Å². The average Bonchev–Trinajstić information content (AvgIpc) is 2.35. The quantitative estimate of drug-likeness (QED) is 0.867. The largest absolute Gasteiger partial charge is 0.494 e. The van der Waals surface area contributed by atoms with E-state index in [1.165, 1.54) is 16.8 Å². The molecule has 3 nitrogen and oxygen atoms in total. The van der Waals surface area contributed by atoms with E-state index in [0.717, 1.165) is 38.5 Å². The number of nitrogens with one attached hydrogen (secondary N) is 1. The molecular weight excluding hydrogens is 212 g/mol. The summed E-state index contributed by atoms with van der Waals surface area (Å²) in [4.78, 5) is 2.45. The number of aryl methyl sites for hydroxylation is 2. The molecule has 1 N–H and O–H groups in total. The zero-order valence-electron chi connectivity index (χ0n) is 11.0. The molecule has 1 aliphatic rings. The fourth-order valence-electron chi connectivity index (χ4n) is 2.33. The Balaban J connectivity index is 2.25. The van der Waals surface area contributed by atoms with Crippen LogP contribution in [-0.4, -0.2) is 32.8 Å². The average molecular weight is 234 g/mol. The molecule has 94 valence electrons. The van der Waals surface area contributed by atoms with Crippen LogP contribution in [0.4, 0.5) is 5.69 Å². The van der Waals surface area contributed by atoms with E-state index in [9.17, 15) is 0 Å². The minimum absolute atomic E-state index is 0.729. The van der Waals surface area contributed by atoms with Crippen molar-refractivity contribution in [1.29, 1.82) is 0 Å². The van der Waals surface area contributed by atoms with Crippen LogP contribution in [0.2, 0.25) is 0 Å². The van der Waals surface area contributed by atoms with Crippen LogP contribution in [0.5, 0.6) is 5.75 Å². The highest BCUT2D eigenvalue weighted by atomic mass is 16.5. The van der Waals surface area contributed by atoms with Crippen molar-refractivity contribution in [2.45, 2.75) is 20.8 Å². The van der Waals surface area contributed by atoms with Gasteiger partial charge in [0.2, 0.25) is 0 Å². The first-order chi connectivity index (χ1) is 8.22. The maximum atomic E-state index is 5.63. The monoisotopic (exact) mass is 234 g/mol. The van der Waals surface area contributed by atoms with Crippen LogP contribution in [0, 0.1) is 13.8 Å². The maximum Gasteiger partial charge on any atom is 0.122 e. The predicted molar refractivity (Wildman–Crippen MR) is 72.2 cm³/mol. The van der Waals surface area contributed by atoms with Gasteiger partial charge in [-0.25, -0.2) is 0 Å². The Morgan fingerprint density at radius 3 is 2.53 bits per heavy atom. The molecule has 3 heteroatoms. The van der Waals surface area contributed by atoms with Gasteiger partial charge in [0.15, 0.2) is 0 Å². The Hall–Kier alpha value is -1.22. The highest BCUT2D eigenvalue weighted by Gasteiger charge is 2.14. The van der Waals surface area contributed by atoms with E-state index in [1.807, 2.05) is 6.92 Å². The number of nitrogens with zero attached hydrogens (tertiary/aromatic N) is 1. The molecule has 0 spiro atoms. The van der Waals surface area contributed by atoms with E-state index in [1.54, 1.807) is 0 Å². The lowest BCUT2D eigenvalue weighted by Crippen LogP contribution is -2.43. The fourth-order valence-corrected chi connectivity index (χ4v) is 2.33. The zero-order valence-corrected chi connectivity index (χ0v) is 11.0. The van der Waals surface area contributed by atoms with Gasteiger partial charge in [-0.1, -0.05) is 0 Å². The summed E-state index contributed by atoms with van der Waals surface area (Å²) in [6, 6.07) is 4.42. The number of rotatable bonds is 3. The summed E-state index contributed by atoms with van der Waals surface area (Å²) in [5, 5.41) is 3.38. The molecule has 1 aromatic rings. The summed E-state index contributed by atoms with van der Waals surface area (Å²) in [7, 11) is 0. The van der Waals surface area contributed by atoms with Gasteiger partial charge in [0.05, 0.1) is 6.61 Å². The molecule has 1 aliphatic heterocycles. The van der Waals surface area contributed by atoms with Gasteiger partial charge in [-0.05, 0) is 44.0 Å². The van der Waals surface area contributed by atoms with Gasteiger partial charge in [0.25, 0.3) is 0 Å². The van der Waals surface area contributed by atoms with Crippen LogP contribution in [0.1, 0.15) is 18.1 Å². The Kier molecular flexibility index (Phi) is 3.89. The van der Waals surface area contributed by atoms with Crippen LogP contribution in [0.25, 0.3) is 0 Å². The van der Waals surface area contributed by atoms with E-state index in [0.29, 0.717) is 0 Å². The normalized spacial score (nSPS) is 16.1. The number of anilines is 1. The number of ether oxygens (including phenoxy) is 1. The highest BCUT2D eigenvalue weighted by molar-refractivity contribution is 5.59. The van der Waals surface area contributed by atoms with Gasteiger partial charge in [0, 0.05) is 31.9 Å². The Morgan fingerprint density at radius 2 is 1.88 bits per heavy atom. The van der Waals surface area contributed by atoms with Crippen molar-refractivity contribution in [3.8, 4) is 5.75 Å². The number of benzene rings is 1. The summed E-state index contributed by atoms with van der Waals surface area (Å²) < 4.78 is 5.63. The van der Waals surface area contributed by atoms with E-state index in [2.05, 4.69) is 36.2 Å². The summed E-state index contributed by atoms with van der Waals surface area (Å²) in [5.41, 5.74) is 3.89. The van der Waals surface area contributed by atoms with Gasteiger partial charge in [-0.3, -0.25) is 0 Å². The van der Waals surface area contributed by atoms with Crippen LogP contribution >= 0.6 is 0 Å². The lowest BCUT2D eigenvalue weighted by molar-refractivity contribution is 0.337. The van der Waals surface area contributed by atoms with E-state index < -0.39 is 0 Å². The van der Waals surface area contributed by atoms with Crippen LogP contribution in [0.3, 0.4) is 0 Å². The molecular formula is C14H22N2O. The SMILES string of the molecule is CCOc1cc(C)c(N2CCNCC2)cc1C. The maximum absolute atomic E-state index is 5.63. The molecule has 0 aliphatic carbocycles. The van der Waals surface area contributed by atoms with Crippen LogP contribution < -0.4 is 15.0 Å². The molecule has 0 atom stereocenters. The second-order valence-corrected chi connectivity index (χ2v) is 4.57. The zero-order chi connectivity index (χ0) is 12.3. The second-order valence-electron chi connectivity index (χ2n) is 4.57. The third kappa shape index (κ3) is 2.72. The molecule has 0 aromatic heterocycles. The van der Waals surface area contributed by atoms with Gasteiger partial charge in [-0.15, -0.1) is 0 Å². The van der Waals surface area contributed by atoms with Crippen molar-refractivity contribution in [3.63, 3.8) is 0 Å². The lowest BCUT2D eigenvalue weighted by Gasteiger charge is -2.31. The minimum atomic E-state index is 0.729. The highest BCUT2D eigenvalue weighted by Crippen LogP contribution is 2.29. The van der Waals surface area contributed by atoms with Crippen molar-refractivity contribution in [2.24, 2.45) is 0 Å². The summed E-state index contributed by atoms with van der Waals surface area (Å²) in [6.07, 6.45) is 0. The number of piperazine rings is 1. The smallest absolute Gasteiger partial charge is 0.122 e. The van der Waals surface area contributed by atoms with Crippen molar-refractivity contribution in [2.75, 3.05) is 37.7 Å². The van der Waals surface area contributed by atoms with Gasteiger partial charge in [-0.2, -0.15) is 0 Å². The third-order valence-electron chi connectivity index (χ3n) is 3.25. The van der Waals surface area contributed by atoms with Crippen molar-refractivity contribution in [1.82, 2.24) is 5.32 Å². The van der Waals surface area contributed by atoms with Crippen LogP contribution in [-0.2, 0) is 0 Å². The van der Waals surface area contributed by atoms with E-state index in [4.69, 9.17) is 4.74 Å². The van der Waals surface area contributed by atoms with Gasteiger partial charge in [0.1, 0.15) is 5.75 Å². The summed E-state index contributed by atoms with van der Waals surface area (Å²) >= 11 is 0. The summed E-state index contributed by atoms with van der Waals surface area (Å²) in [5.74, 6) is 1.02. The molecule has 1 saturated heterocycles. The molecule has 1 heterocycles. The Morgan fingerprint density at radius 1 is 1.18 bits per heavy atom. The molecule has 0 radical (unpaired) electrons. The number of hydrogen-bond donors (Lipinski definition) is 1. The fraction of sp³-hybridized carbons (Fsp3) is 0.571. The first-order valence-corrected chi connectivity index (χ1v) is 6.42. The van der Waals surface area contributed by atoms with E-state index >= 15 is 0 Å². The molecule has 0 unspecified atom stereocenters. The molecule has 1 aromatic carbocycles. The second kappa shape index (κ2) is 5.41.